The molecule has 1 amide bonds. The van der Waals surface area contributed by atoms with Crippen LogP contribution in [0.3, 0.4) is 0 Å². The maximum absolute atomic E-state index is 12.1. The van der Waals surface area contributed by atoms with Gasteiger partial charge >= 0.3 is 6.09 Å². The molecule has 1 aliphatic rings. The van der Waals surface area contributed by atoms with Gasteiger partial charge in [-0.2, -0.15) is 0 Å². The van der Waals surface area contributed by atoms with E-state index < -0.39 is 18.3 Å². The Bertz CT molecular complexity index is 945. The van der Waals surface area contributed by atoms with Crippen LogP contribution in [0.4, 0.5) is 10.6 Å². The number of carbonyl (C=O) groups is 1. The third-order valence-corrected chi connectivity index (χ3v) is 4.70. The largest absolute Gasteiger partial charge is 0.444 e. The third-order valence-electron chi connectivity index (χ3n) is 4.70. The number of anilines is 1. The summed E-state index contributed by atoms with van der Waals surface area (Å²) in [6, 6.07) is 9.02. The van der Waals surface area contributed by atoms with E-state index in [2.05, 4.69) is 20.3 Å². The summed E-state index contributed by atoms with van der Waals surface area (Å²) in [6.45, 7) is 0.140. The molecule has 1 saturated carbocycles. The Morgan fingerprint density at radius 1 is 1.19 bits per heavy atom. The molecule has 0 bridgehead atoms. The summed E-state index contributed by atoms with van der Waals surface area (Å²) in [7, 11) is 0. The summed E-state index contributed by atoms with van der Waals surface area (Å²) >= 11 is 0. The van der Waals surface area contributed by atoms with Crippen molar-refractivity contribution in [3.05, 3.63) is 48.5 Å². The van der Waals surface area contributed by atoms with Gasteiger partial charge < -0.3 is 19.5 Å². The number of rotatable bonds is 4. The molecule has 4 rings (SSSR count). The van der Waals surface area contributed by atoms with Gasteiger partial charge in [0.15, 0.2) is 17.0 Å². The summed E-state index contributed by atoms with van der Waals surface area (Å²) in [4.78, 5) is 24.6. The van der Waals surface area contributed by atoms with Gasteiger partial charge in [-0.15, -0.1) is 0 Å². The Kier molecular flexibility index (Phi) is 4.69. The minimum Gasteiger partial charge on any atom is -0.444 e. The predicted octanol–water partition coefficient (Wildman–Crippen LogP) is 1.63. The fraction of sp³-hybridized carbons (Fsp3) is 0.333. The highest BCUT2D eigenvalue weighted by Gasteiger charge is 2.35. The van der Waals surface area contributed by atoms with Gasteiger partial charge in [0, 0.05) is 0 Å². The van der Waals surface area contributed by atoms with Crippen molar-refractivity contribution in [2.24, 2.45) is 0 Å². The van der Waals surface area contributed by atoms with Crippen LogP contribution in [0.1, 0.15) is 24.4 Å². The molecule has 140 valence electrons. The SMILES string of the molecule is O=C(Nc1ncnc2c1ncn2[C@@H]1CC[C@@H](O)[C@H]1O)OCc1ccccc1. The van der Waals surface area contributed by atoms with Crippen LogP contribution < -0.4 is 5.32 Å². The number of aliphatic hydroxyl groups is 2. The Hall–Kier alpha value is -3.04. The van der Waals surface area contributed by atoms with Crippen molar-refractivity contribution in [1.29, 1.82) is 0 Å². The third kappa shape index (κ3) is 3.46. The van der Waals surface area contributed by atoms with Gasteiger partial charge in [-0.05, 0) is 18.4 Å². The molecule has 9 heteroatoms. The molecule has 1 aromatic carbocycles. The van der Waals surface area contributed by atoms with E-state index in [4.69, 9.17) is 4.74 Å². The number of ether oxygens (including phenoxy) is 1. The van der Waals surface area contributed by atoms with Crippen LogP contribution in [0.25, 0.3) is 11.2 Å². The fourth-order valence-corrected chi connectivity index (χ4v) is 3.29. The van der Waals surface area contributed by atoms with Crippen LogP contribution in [-0.2, 0) is 11.3 Å². The molecule has 3 atom stereocenters. The first-order valence-corrected chi connectivity index (χ1v) is 8.65. The summed E-state index contributed by atoms with van der Waals surface area (Å²) in [5.41, 5.74) is 1.74. The molecule has 0 aliphatic heterocycles. The molecular formula is C18H19N5O4. The maximum Gasteiger partial charge on any atom is 0.413 e. The number of aliphatic hydroxyl groups excluding tert-OH is 2. The lowest BCUT2D eigenvalue weighted by Gasteiger charge is -2.18. The monoisotopic (exact) mass is 369 g/mol. The summed E-state index contributed by atoms with van der Waals surface area (Å²) in [6.07, 6.45) is 1.67. The molecule has 0 saturated heterocycles. The number of nitrogens with zero attached hydrogens (tertiary/aromatic N) is 4. The molecule has 1 aliphatic carbocycles. The van der Waals surface area contributed by atoms with Crippen molar-refractivity contribution in [1.82, 2.24) is 19.5 Å². The minimum atomic E-state index is -0.885. The standard InChI is InChI=1S/C18H19N5O4/c24-13-7-6-12(15(13)25)23-10-21-14-16(19-9-20-17(14)23)22-18(26)27-8-11-4-2-1-3-5-11/h1-5,9-10,12-13,15,24-25H,6-8H2,(H,19,20,22,26)/t12-,13-,15+/m1/s1. The average molecular weight is 369 g/mol. The second-order valence-corrected chi connectivity index (χ2v) is 6.44. The zero-order chi connectivity index (χ0) is 18.8. The molecule has 0 spiro atoms. The van der Waals surface area contributed by atoms with E-state index in [0.29, 0.717) is 24.0 Å². The highest BCUT2D eigenvalue weighted by atomic mass is 16.5. The van der Waals surface area contributed by atoms with Gasteiger partial charge in [-0.1, -0.05) is 30.3 Å². The van der Waals surface area contributed by atoms with E-state index >= 15 is 0 Å². The van der Waals surface area contributed by atoms with Gasteiger partial charge in [0.1, 0.15) is 19.0 Å². The molecule has 9 nitrogen and oxygen atoms in total. The van der Waals surface area contributed by atoms with Crippen molar-refractivity contribution in [2.45, 2.75) is 37.7 Å². The molecule has 3 N–H and O–H groups in total. The van der Waals surface area contributed by atoms with E-state index in [-0.39, 0.29) is 18.5 Å². The van der Waals surface area contributed by atoms with Crippen LogP contribution in [-0.4, -0.2) is 48.0 Å². The van der Waals surface area contributed by atoms with Gasteiger partial charge in [-0.25, -0.2) is 19.7 Å². The minimum absolute atomic E-state index is 0.140. The van der Waals surface area contributed by atoms with Crippen LogP contribution >= 0.6 is 0 Å². The highest BCUT2D eigenvalue weighted by molar-refractivity contribution is 5.93. The van der Waals surface area contributed by atoms with E-state index in [1.807, 2.05) is 30.3 Å². The van der Waals surface area contributed by atoms with Crippen molar-refractivity contribution in [3.8, 4) is 0 Å². The van der Waals surface area contributed by atoms with E-state index in [0.717, 1.165) is 5.56 Å². The van der Waals surface area contributed by atoms with Gasteiger partial charge in [0.2, 0.25) is 0 Å². The normalized spacial score (nSPS) is 22.1. The first-order chi connectivity index (χ1) is 13.1. The molecule has 2 aromatic heterocycles. The lowest BCUT2D eigenvalue weighted by Crippen LogP contribution is -2.26. The summed E-state index contributed by atoms with van der Waals surface area (Å²) in [5, 5.41) is 22.5. The van der Waals surface area contributed by atoms with E-state index in [9.17, 15) is 15.0 Å². The van der Waals surface area contributed by atoms with Crippen LogP contribution in [0, 0.1) is 0 Å². The summed E-state index contributed by atoms with van der Waals surface area (Å²) < 4.78 is 6.91. The number of amides is 1. The van der Waals surface area contributed by atoms with Crippen LogP contribution in [0.5, 0.6) is 0 Å². The van der Waals surface area contributed by atoms with Crippen molar-refractivity contribution in [2.75, 3.05) is 5.32 Å². The Morgan fingerprint density at radius 2 is 2.00 bits per heavy atom. The Labute approximate surface area is 154 Å². The molecule has 3 aromatic rings. The van der Waals surface area contributed by atoms with Gasteiger partial charge in [-0.3, -0.25) is 5.32 Å². The second-order valence-electron chi connectivity index (χ2n) is 6.44. The number of fused-ring (bicyclic) bond motifs is 1. The molecule has 0 radical (unpaired) electrons. The first kappa shape index (κ1) is 17.4. The Balaban J connectivity index is 1.50. The Morgan fingerprint density at radius 3 is 2.74 bits per heavy atom. The van der Waals surface area contributed by atoms with Crippen molar-refractivity contribution >= 4 is 23.1 Å². The van der Waals surface area contributed by atoms with E-state index in [1.54, 1.807) is 4.57 Å². The fourth-order valence-electron chi connectivity index (χ4n) is 3.29. The van der Waals surface area contributed by atoms with Crippen LogP contribution in [0.2, 0.25) is 0 Å². The van der Waals surface area contributed by atoms with Crippen molar-refractivity contribution in [3.63, 3.8) is 0 Å². The average Bonchev–Trinajstić information content (AvgIpc) is 3.25. The zero-order valence-corrected chi connectivity index (χ0v) is 14.4. The zero-order valence-electron chi connectivity index (χ0n) is 14.4. The lowest BCUT2D eigenvalue weighted by molar-refractivity contribution is 0.0241. The topological polar surface area (TPSA) is 122 Å². The van der Waals surface area contributed by atoms with Gasteiger partial charge in [0.25, 0.3) is 0 Å². The number of hydrogen-bond donors (Lipinski definition) is 3. The van der Waals surface area contributed by atoms with E-state index in [1.165, 1.54) is 12.7 Å². The van der Waals surface area contributed by atoms with Crippen molar-refractivity contribution < 1.29 is 19.7 Å². The van der Waals surface area contributed by atoms with Gasteiger partial charge in [0.05, 0.1) is 18.5 Å². The molecule has 0 unspecified atom stereocenters. The number of aromatic nitrogens is 4. The number of carbonyl (C=O) groups excluding carboxylic acids is 1. The molecule has 2 heterocycles. The second kappa shape index (κ2) is 7.29. The van der Waals surface area contributed by atoms with Crippen LogP contribution in [0.15, 0.2) is 43.0 Å². The lowest BCUT2D eigenvalue weighted by atomic mass is 10.2. The highest BCUT2D eigenvalue weighted by Crippen LogP contribution is 2.33. The molecule has 27 heavy (non-hydrogen) atoms. The number of hydrogen-bond acceptors (Lipinski definition) is 7. The molecular weight excluding hydrogens is 350 g/mol. The quantitative estimate of drug-likeness (QED) is 0.639. The maximum atomic E-state index is 12.1. The summed E-state index contributed by atoms with van der Waals surface area (Å²) in [5.74, 6) is 0.227. The predicted molar refractivity (Wildman–Crippen MR) is 95.9 cm³/mol. The number of imidazole rings is 1. The number of benzene rings is 1. The smallest absolute Gasteiger partial charge is 0.413 e. The number of nitrogens with one attached hydrogen (secondary N) is 1. The first-order valence-electron chi connectivity index (χ1n) is 8.65. The molecule has 1 fully saturated rings.